The average Bonchev–Trinajstić information content (AvgIpc) is 2.87. The molecule has 0 saturated heterocycles. The van der Waals surface area contributed by atoms with Gasteiger partial charge in [-0.2, -0.15) is 5.10 Å². The van der Waals surface area contributed by atoms with Crippen LogP contribution >= 0.6 is 0 Å². The summed E-state index contributed by atoms with van der Waals surface area (Å²) in [5.74, 6) is -0.234. The summed E-state index contributed by atoms with van der Waals surface area (Å²) in [5, 5.41) is 4.30. The van der Waals surface area contributed by atoms with Gasteiger partial charge in [-0.15, -0.1) is 0 Å². The highest BCUT2D eigenvalue weighted by Gasteiger charge is 2.05. The maximum Gasteiger partial charge on any atom is 0.123 e. The number of anilines is 1. The molecule has 0 radical (unpaired) electrons. The van der Waals surface area contributed by atoms with E-state index in [0.717, 1.165) is 22.4 Å². The van der Waals surface area contributed by atoms with Crippen LogP contribution in [0.1, 0.15) is 5.56 Å². The van der Waals surface area contributed by atoms with E-state index in [1.165, 1.54) is 12.1 Å². The maximum atomic E-state index is 13.1. The highest BCUT2D eigenvalue weighted by Crippen LogP contribution is 2.24. The molecule has 3 rings (SSSR count). The molecule has 0 amide bonds. The Morgan fingerprint density at radius 3 is 2.75 bits per heavy atom. The number of hydrogen-bond donors (Lipinski definition) is 1. The second-order valence-corrected chi connectivity index (χ2v) is 4.64. The molecule has 2 aromatic carbocycles. The number of hydrogen-bond acceptors (Lipinski definition) is 2. The summed E-state index contributed by atoms with van der Waals surface area (Å²) >= 11 is 0. The highest BCUT2D eigenvalue weighted by molar-refractivity contribution is 5.75. The van der Waals surface area contributed by atoms with E-state index in [9.17, 15) is 4.39 Å². The molecule has 1 heterocycles. The Kier molecular flexibility index (Phi) is 3.21. The summed E-state index contributed by atoms with van der Waals surface area (Å²) in [6.45, 7) is 0.532. The Balaban J connectivity index is 1.86. The van der Waals surface area contributed by atoms with Gasteiger partial charge in [0.1, 0.15) is 5.82 Å². The van der Waals surface area contributed by atoms with Crippen LogP contribution in [-0.4, -0.2) is 9.78 Å². The molecule has 3 nitrogen and oxygen atoms in total. The van der Waals surface area contributed by atoms with E-state index in [1.54, 1.807) is 16.9 Å². The molecular formula is C16H14FN3. The van der Waals surface area contributed by atoms with E-state index in [0.29, 0.717) is 6.54 Å². The minimum Gasteiger partial charge on any atom is -0.398 e. The molecule has 0 saturated carbocycles. The molecule has 0 fully saturated rings. The molecule has 0 spiro atoms. The Bertz CT molecular complexity index is 734. The van der Waals surface area contributed by atoms with Crippen LogP contribution in [0.25, 0.3) is 11.1 Å². The third kappa shape index (κ3) is 2.54. The van der Waals surface area contributed by atoms with Crippen LogP contribution in [0.5, 0.6) is 0 Å². The van der Waals surface area contributed by atoms with E-state index < -0.39 is 0 Å². The number of nitrogens with zero attached hydrogens (tertiary/aromatic N) is 2. The highest BCUT2D eigenvalue weighted by atomic mass is 19.1. The van der Waals surface area contributed by atoms with E-state index in [2.05, 4.69) is 5.10 Å². The minimum absolute atomic E-state index is 0.234. The van der Waals surface area contributed by atoms with Crippen LogP contribution < -0.4 is 5.73 Å². The number of rotatable bonds is 3. The Morgan fingerprint density at radius 2 is 1.95 bits per heavy atom. The first kappa shape index (κ1) is 12.4. The lowest BCUT2D eigenvalue weighted by atomic mass is 10.1. The SMILES string of the molecule is Nc1ccccc1-c1cnn(Cc2cccc(F)c2)c1. The van der Waals surface area contributed by atoms with Crippen molar-refractivity contribution in [1.29, 1.82) is 0 Å². The summed E-state index contributed by atoms with van der Waals surface area (Å²) in [4.78, 5) is 0. The Hall–Kier alpha value is -2.62. The van der Waals surface area contributed by atoms with Crippen molar-refractivity contribution in [3.63, 3.8) is 0 Å². The molecule has 4 heteroatoms. The second-order valence-electron chi connectivity index (χ2n) is 4.64. The molecule has 2 N–H and O–H groups in total. The molecule has 0 bridgehead atoms. The van der Waals surface area contributed by atoms with Gasteiger partial charge in [0.05, 0.1) is 12.7 Å². The molecule has 3 aromatic rings. The first-order valence-corrected chi connectivity index (χ1v) is 6.34. The van der Waals surface area contributed by atoms with Gasteiger partial charge in [0.25, 0.3) is 0 Å². The topological polar surface area (TPSA) is 43.8 Å². The van der Waals surface area contributed by atoms with Crippen LogP contribution in [0, 0.1) is 5.82 Å². The van der Waals surface area contributed by atoms with Crippen molar-refractivity contribution in [1.82, 2.24) is 9.78 Å². The zero-order valence-electron chi connectivity index (χ0n) is 10.8. The summed E-state index contributed by atoms with van der Waals surface area (Å²) in [6.07, 6.45) is 3.68. The average molecular weight is 267 g/mol. The fourth-order valence-corrected chi connectivity index (χ4v) is 2.17. The summed E-state index contributed by atoms with van der Waals surface area (Å²) < 4.78 is 14.9. The van der Waals surface area contributed by atoms with Gasteiger partial charge in [-0.25, -0.2) is 4.39 Å². The molecule has 0 aliphatic heterocycles. The van der Waals surface area contributed by atoms with Crippen molar-refractivity contribution < 1.29 is 4.39 Å². The number of aromatic nitrogens is 2. The standard InChI is InChI=1S/C16H14FN3/c17-14-5-3-4-12(8-14)10-20-11-13(9-19-20)15-6-1-2-7-16(15)18/h1-9,11H,10,18H2. The lowest BCUT2D eigenvalue weighted by Crippen LogP contribution is -1.99. The molecule has 0 aliphatic carbocycles. The van der Waals surface area contributed by atoms with Crippen molar-refractivity contribution >= 4 is 5.69 Å². The number of nitrogen functional groups attached to an aromatic ring is 1. The Morgan fingerprint density at radius 1 is 1.10 bits per heavy atom. The van der Waals surface area contributed by atoms with Crippen LogP contribution in [-0.2, 0) is 6.54 Å². The zero-order chi connectivity index (χ0) is 13.9. The number of para-hydroxylation sites is 1. The Labute approximate surface area is 116 Å². The first-order chi connectivity index (χ1) is 9.72. The van der Waals surface area contributed by atoms with Gasteiger partial charge in [0.2, 0.25) is 0 Å². The maximum absolute atomic E-state index is 13.1. The van der Waals surface area contributed by atoms with Gasteiger partial charge < -0.3 is 5.73 Å². The summed E-state index contributed by atoms with van der Waals surface area (Å²) in [5.41, 5.74) is 9.46. The van der Waals surface area contributed by atoms with E-state index in [1.807, 2.05) is 36.5 Å². The fourth-order valence-electron chi connectivity index (χ4n) is 2.17. The molecule has 20 heavy (non-hydrogen) atoms. The van der Waals surface area contributed by atoms with E-state index >= 15 is 0 Å². The van der Waals surface area contributed by atoms with Crippen LogP contribution in [0.3, 0.4) is 0 Å². The predicted octanol–water partition coefficient (Wildman–Crippen LogP) is 3.32. The number of nitrogens with two attached hydrogens (primary N) is 1. The molecular weight excluding hydrogens is 253 g/mol. The second kappa shape index (κ2) is 5.17. The van der Waals surface area contributed by atoms with E-state index in [-0.39, 0.29) is 5.82 Å². The quantitative estimate of drug-likeness (QED) is 0.740. The van der Waals surface area contributed by atoms with Gasteiger partial charge >= 0.3 is 0 Å². The molecule has 0 unspecified atom stereocenters. The van der Waals surface area contributed by atoms with Crippen molar-refractivity contribution in [2.45, 2.75) is 6.54 Å². The van der Waals surface area contributed by atoms with Crippen molar-refractivity contribution in [3.8, 4) is 11.1 Å². The van der Waals surface area contributed by atoms with Crippen LogP contribution in [0.2, 0.25) is 0 Å². The van der Waals surface area contributed by atoms with Crippen LogP contribution in [0.15, 0.2) is 60.9 Å². The van der Waals surface area contributed by atoms with E-state index in [4.69, 9.17) is 5.73 Å². The molecule has 100 valence electrons. The first-order valence-electron chi connectivity index (χ1n) is 6.34. The van der Waals surface area contributed by atoms with Crippen LogP contribution in [0.4, 0.5) is 10.1 Å². The predicted molar refractivity (Wildman–Crippen MR) is 77.6 cm³/mol. The van der Waals surface area contributed by atoms with Gasteiger partial charge in [-0.3, -0.25) is 4.68 Å². The fraction of sp³-hybridized carbons (Fsp3) is 0.0625. The van der Waals surface area contributed by atoms with Gasteiger partial charge in [0, 0.05) is 23.0 Å². The lowest BCUT2D eigenvalue weighted by molar-refractivity contribution is 0.619. The van der Waals surface area contributed by atoms with Gasteiger partial charge in [0.15, 0.2) is 0 Å². The molecule has 1 aromatic heterocycles. The normalized spacial score (nSPS) is 10.7. The third-order valence-corrected chi connectivity index (χ3v) is 3.14. The summed E-state index contributed by atoms with van der Waals surface area (Å²) in [7, 11) is 0. The smallest absolute Gasteiger partial charge is 0.123 e. The van der Waals surface area contributed by atoms with Crippen molar-refractivity contribution in [3.05, 3.63) is 72.3 Å². The monoisotopic (exact) mass is 267 g/mol. The number of halogens is 1. The van der Waals surface area contributed by atoms with Gasteiger partial charge in [-0.05, 0) is 23.8 Å². The van der Waals surface area contributed by atoms with Crippen molar-refractivity contribution in [2.75, 3.05) is 5.73 Å². The molecule has 0 aliphatic rings. The largest absolute Gasteiger partial charge is 0.398 e. The number of benzene rings is 2. The van der Waals surface area contributed by atoms with Crippen molar-refractivity contribution in [2.24, 2.45) is 0 Å². The molecule has 0 atom stereocenters. The third-order valence-electron chi connectivity index (χ3n) is 3.14. The summed E-state index contributed by atoms with van der Waals surface area (Å²) in [6, 6.07) is 14.2. The minimum atomic E-state index is -0.234. The zero-order valence-corrected chi connectivity index (χ0v) is 10.8. The van der Waals surface area contributed by atoms with Gasteiger partial charge in [-0.1, -0.05) is 30.3 Å². The lowest BCUT2D eigenvalue weighted by Gasteiger charge is -2.03.